The lowest BCUT2D eigenvalue weighted by Crippen LogP contribution is -2.17. The van der Waals surface area contributed by atoms with E-state index in [-0.39, 0.29) is 0 Å². The highest BCUT2D eigenvalue weighted by Crippen LogP contribution is 2.35. The quantitative estimate of drug-likeness (QED) is 0.814. The van der Waals surface area contributed by atoms with Crippen molar-refractivity contribution in [2.24, 2.45) is 12.8 Å². The first-order valence-electron chi connectivity index (χ1n) is 4.65. The van der Waals surface area contributed by atoms with E-state index < -0.39 is 0 Å². The van der Waals surface area contributed by atoms with Gasteiger partial charge in [0, 0.05) is 18.5 Å². The highest BCUT2D eigenvalue weighted by Gasteiger charge is 2.25. The highest BCUT2D eigenvalue weighted by molar-refractivity contribution is 9.10. The molecule has 1 unspecified atom stereocenters. The Morgan fingerprint density at radius 2 is 2.46 bits per heavy atom. The number of nitrogens with zero attached hydrogens (tertiary/aromatic N) is 2. The van der Waals surface area contributed by atoms with Gasteiger partial charge in [-0.25, -0.2) is 0 Å². The Morgan fingerprint density at radius 3 is 3.15 bits per heavy atom. The molecule has 13 heavy (non-hydrogen) atoms. The smallest absolute Gasteiger partial charge is 0.107 e. The first-order valence-corrected chi connectivity index (χ1v) is 5.44. The molecule has 0 saturated heterocycles. The van der Waals surface area contributed by atoms with E-state index in [0.717, 1.165) is 17.6 Å². The van der Waals surface area contributed by atoms with Gasteiger partial charge in [-0.05, 0) is 41.7 Å². The number of nitrogens with two attached hydrogens (primary N) is 1. The van der Waals surface area contributed by atoms with Crippen LogP contribution < -0.4 is 5.73 Å². The van der Waals surface area contributed by atoms with Crippen LogP contribution in [0, 0.1) is 0 Å². The van der Waals surface area contributed by atoms with Gasteiger partial charge in [0.05, 0.1) is 5.69 Å². The zero-order valence-corrected chi connectivity index (χ0v) is 9.34. The summed E-state index contributed by atoms with van der Waals surface area (Å²) in [4.78, 5) is 0. The maximum atomic E-state index is 5.74. The van der Waals surface area contributed by atoms with Crippen LogP contribution >= 0.6 is 15.9 Å². The molecule has 3 nitrogen and oxygen atoms in total. The van der Waals surface area contributed by atoms with Crippen molar-refractivity contribution in [3.05, 3.63) is 15.9 Å². The summed E-state index contributed by atoms with van der Waals surface area (Å²) in [7, 11) is 1.97. The van der Waals surface area contributed by atoms with Crippen molar-refractivity contribution in [1.82, 2.24) is 9.78 Å². The van der Waals surface area contributed by atoms with Gasteiger partial charge in [0.2, 0.25) is 0 Å². The van der Waals surface area contributed by atoms with Crippen molar-refractivity contribution in [3.63, 3.8) is 0 Å². The monoisotopic (exact) mass is 243 g/mol. The van der Waals surface area contributed by atoms with Gasteiger partial charge in [-0.2, -0.15) is 5.10 Å². The van der Waals surface area contributed by atoms with Gasteiger partial charge >= 0.3 is 0 Å². The molecule has 1 heterocycles. The molecule has 2 N–H and O–H groups in total. The summed E-state index contributed by atoms with van der Waals surface area (Å²) in [6.07, 6.45) is 3.53. The first kappa shape index (κ1) is 9.21. The topological polar surface area (TPSA) is 43.8 Å². The van der Waals surface area contributed by atoms with Crippen molar-refractivity contribution in [3.8, 4) is 0 Å². The third-order valence-electron chi connectivity index (χ3n) is 2.75. The highest BCUT2D eigenvalue weighted by atomic mass is 79.9. The van der Waals surface area contributed by atoms with Crippen LogP contribution in [0.15, 0.2) is 4.60 Å². The molecule has 2 rings (SSSR count). The summed E-state index contributed by atoms with van der Waals surface area (Å²) < 4.78 is 3.01. The van der Waals surface area contributed by atoms with Crippen LogP contribution in [0.1, 0.15) is 30.0 Å². The molecule has 0 amide bonds. The van der Waals surface area contributed by atoms with Crippen LogP contribution in [0.25, 0.3) is 0 Å². The van der Waals surface area contributed by atoms with Crippen LogP contribution in [0.2, 0.25) is 0 Å². The summed E-state index contributed by atoms with van der Waals surface area (Å²) >= 11 is 3.56. The van der Waals surface area contributed by atoms with Gasteiger partial charge in [-0.1, -0.05) is 0 Å². The predicted octanol–water partition coefficient (Wildman–Crippen LogP) is 1.56. The third-order valence-corrected chi connectivity index (χ3v) is 3.69. The van der Waals surface area contributed by atoms with Crippen molar-refractivity contribution < 1.29 is 0 Å². The van der Waals surface area contributed by atoms with Crippen molar-refractivity contribution in [1.29, 1.82) is 0 Å². The van der Waals surface area contributed by atoms with E-state index in [1.54, 1.807) is 0 Å². The van der Waals surface area contributed by atoms with Crippen LogP contribution in [-0.2, 0) is 13.5 Å². The summed E-state index contributed by atoms with van der Waals surface area (Å²) in [6, 6.07) is 0. The Bertz CT molecular complexity index is 319. The average Bonchev–Trinajstić information content (AvgIpc) is 2.43. The fraction of sp³-hybridized carbons (Fsp3) is 0.667. The molecule has 0 aliphatic heterocycles. The fourth-order valence-corrected chi connectivity index (χ4v) is 2.69. The van der Waals surface area contributed by atoms with E-state index in [1.807, 2.05) is 11.7 Å². The number of aryl methyl sites for hydroxylation is 2. The molecule has 0 aromatic carbocycles. The van der Waals surface area contributed by atoms with Crippen LogP contribution in [0.3, 0.4) is 0 Å². The van der Waals surface area contributed by atoms with Gasteiger partial charge in [-0.15, -0.1) is 0 Å². The zero-order valence-electron chi connectivity index (χ0n) is 7.76. The van der Waals surface area contributed by atoms with Crippen molar-refractivity contribution in [2.45, 2.75) is 25.2 Å². The molecule has 72 valence electrons. The number of aromatic nitrogens is 2. The minimum absolute atomic E-state index is 0.506. The largest absolute Gasteiger partial charge is 0.330 e. The normalized spacial score (nSPS) is 21.6. The summed E-state index contributed by atoms with van der Waals surface area (Å²) in [5.74, 6) is 0.506. The molecule has 4 heteroatoms. The van der Waals surface area contributed by atoms with E-state index in [0.29, 0.717) is 5.92 Å². The molecule has 0 saturated carbocycles. The number of rotatable bonds is 1. The molecular formula is C9H14BrN3. The second kappa shape index (κ2) is 3.42. The molecule has 1 aliphatic carbocycles. The summed E-state index contributed by atoms with van der Waals surface area (Å²) in [5, 5.41) is 4.46. The second-order valence-corrected chi connectivity index (χ2v) is 4.35. The fourth-order valence-electron chi connectivity index (χ4n) is 2.06. The Morgan fingerprint density at radius 1 is 1.69 bits per heavy atom. The number of hydrogen-bond acceptors (Lipinski definition) is 2. The van der Waals surface area contributed by atoms with Crippen LogP contribution in [-0.4, -0.2) is 16.3 Å². The van der Waals surface area contributed by atoms with Crippen molar-refractivity contribution in [2.75, 3.05) is 6.54 Å². The maximum absolute atomic E-state index is 5.74. The molecule has 0 radical (unpaired) electrons. The second-order valence-electron chi connectivity index (χ2n) is 3.60. The average molecular weight is 244 g/mol. The molecule has 0 bridgehead atoms. The molecular weight excluding hydrogens is 230 g/mol. The SMILES string of the molecule is Cn1nc2c(c1Br)C(CN)CCC2. The van der Waals surface area contributed by atoms with Crippen molar-refractivity contribution >= 4 is 15.9 Å². The summed E-state index contributed by atoms with van der Waals surface area (Å²) in [6.45, 7) is 0.733. The molecule has 1 aliphatic rings. The third kappa shape index (κ3) is 1.42. The van der Waals surface area contributed by atoms with Gasteiger partial charge in [0.1, 0.15) is 4.60 Å². The molecule has 1 aromatic rings. The molecule has 1 atom stereocenters. The van der Waals surface area contributed by atoms with E-state index in [2.05, 4.69) is 21.0 Å². The van der Waals surface area contributed by atoms with E-state index in [4.69, 9.17) is 5.73 Å². The number of hydrogen-bond donors (Lipinski definition) is 1. The van der Waals surface area contributed by atoms with Crippen LogP contribution in [0.5, 0.6) is 0 Å². The predicted molar refractivity (Wildman–Crippen MR) is 55.6 cm³/mol. The van der Waals surface area contributed by atoms with E-state index in [1.165, 1.54) is 24.1 Å². The lowest BCUT2D eigenvalue weighted by molar-refractivity contribution is 0.555. The summed E-state index contributed by atoms with van der Waals surface area (Å²) in [5.41, 5.74) is 8.31. The first-order chi connectivity index (χ1) is 6.24. The molecule has 1 aromatic heterocycles. The molecule has 0 spiro atoms. The Hall–Kier alpha value is -0.350. The van der Waals surface area contributed by atoms with Gasteiger partial charge in [0.15, 0.2) is 0 Å². The number of halogens is 1. The zero-order chi connectivity index (χ0) is 9.42. The van der Waals surface area contributed by atoms with E-state index in [9.17, 15) is 0 Å². The standard InChI is InChI=1S/C9H14BrN3/c1-13-9(10)8-6(5-11)3-2-4-7(8)12-13/h6H,2-5,11H2,1H3. The van der Waals surface area contributed by atoms with Gasteiger partial charge in [0.25, 0.3) is 0 Å². The minimum atomic E-state index is 0.506. The van der Waals surface area contributed by atoms with E-state index >= 15 is 0 Å². The molecule has 0 fully saturated rings. The lowest BCUT2D eigenvalue weighted by Gasteiger charge is -2.19. The minimum Gasteiger partial charge on any atom is -0.330 e. The van der Waals surface area contributed by atoms with Crippen LogP contribution in [0.4, 0.5) is 0 Å². The Balaban J connectivity index is 2.47. The lowest BCUT2D eigenvalue weighted by atomic mass is 9.87. The Labute approximate surface area is 86.4 Å². The van der Waals surface area contributed by atoms with Gasteiger partial charge in [-0.3, -0.25) is 4.68 Å². The Kier molecular flexibility index (Phi) is 2.43. The van der Waals surface area contributed by atoms with Gasteiger partial charge < -0.3 is 5.73 Å². The number of fused-ring (bicyclic) bond motifs is 1. The maximum Gasteiger partial charge on any atom is 0.107 e.